The number of halogens is 2. The van der Waals surface area contributed by atoms with Gasteiger partial charge in [0.2, 0.25) is 0 Å². The molecule has 4 rings (SSSR count). The fraction of sp³-hybridized carbons (Fsp3) is 0.333. The van der Waals surface area contributed by atoms with Gasteiger partial charge in [-0.25, -0.2) is 9.18 Å². The first-order valence-corrected chi connectivity index (χ1v) is 11.1. The number of aryl methyl sites for hydroxylation is 1. The number of fused-ring (bicyclic) bond motifs is 3. The number of nitrogens with zero attached hydrogens (tertiary/aromatic N) is 1. The van der Waals surface area contributed by atoms with E-state index in [0.29, 0.717) is 24.0 Å². The number of anilines is 1. The van der Waals surface area contributed by atoms with E-state index < -0.39 is 5.82 Å². The average molecular weight is 458 g/mol. The second kappa shape index (κ2) is 9.71. The fourth-order valence-electron chi connectivity index (χ4n) is 4.43. The Kier molecular flexibility index (Phi) is 6.77. The van der Waals surface area contributed by atoms with Crippen LogP contribution in [-0.2, 0) is 6.42 Å². The maximum absolute atomic E-state index is 13.5. The molecule has 1 atom stereocenters. The molecule has 0 saturated carbocycles. The highest BCUT2D eigenvalue weighted by Gasteiger charge is 2.30. The Hall–Kier alpha value is -2.90. The molecule has 2 amide bonds. The van der Waals surface area contributed by atoms with Crippen molar-refractivity contribution >= 4 is 34.1 Å². The third kappa shape index (κ3) is 4.49. The molecule has 3 N–H and O–H groups in total. The van der Waals surface area contributed by atoms with Crippen molar-refractivity contribution in [2.45, 2.75) is 38.1 Å². The Morgan fingerprint density at radius 2 is 2.00 bits per heavy atom. The number of aliphatic hydroxyl groups excluding tert-OH is 1. The van der Waals surface area contributed by atoms with Crippen molar-refractivity contribution < 1.29 is 14.3 Å². The lowest BCUT2D eigenvalue weighted by Gasteiger charge is -2.33. The number of hydrogen-bond acceptors (Lipinski definition) is 3. The molecule has 168 valence electrons. The Bertz CT molecular complexity index is 1200. The lowest BCUT2D eigenvalue weighted by Crippen LogP contribution is -2.39. The number of aromatic nitrogens is 1. The molecule has 0 unspecified atom stereocenters. The van der Waals surface area contributed by atoms with E-state index in [0.717, 1.165) is 42.3 Å². The van der Waals surface area contributed by atoms with Crippen molar-refractivity contribution in [3.63, 3.8) is 0 Å². The number of amides is 2. The number of aliphatic hydroxyl groups is 1. The molecule has 0 radical (unpaired) electrons. The van der Waals surface area contributed by atoms with E-state index in [9.17, 15) is 19.1 Å². The number of pyridine rings is 1. The number of urea groups is 1. The molecular formula is C24H25ClFN3O3. The zero-order valence-electron chi connectivity index (χ0n) is 17.5. The molecule has 6 nitrogen and oxygen atoms in total. The number of rotatable bonds is 5. The molecule has 0 fully saturated rings. The van der Waals surface area contributed by atoms with E-state index >= 15 is 0 Å². The van der Waals surface area contributed by atoms with E-state index in [-0.39, 0.29) is 29.3 Å². The van der Waals surface area contributed by atoms with Crippen molar-refractivity contribution in [2.24, 2.45) is 0 Å². The molecule has 1 aliphatic rings. The lowest BCUT2D eigenvalue weighted by atomic mass is 9.95. The van der Waals surface area contributed by atoms with Gasteiger partial charge in [0.05, 0.1) is 11.1 Å². The van der Waals surface area contributed by atoms with Crippen molar-refractivity contribution in [3.8, 4) is 0 Å². The van der Waals surface area contributed by atoms with Crippen LogP contribution >= 0.6 is 11.6 Å². The minimum Gasteiger partial charge on any atom is -0.396 e. The number of carbonyl (C=O) groups is 1. The number of nitrogens with one attached hydrogen (secondary N) is 2. The van der Waals surface area contributed by atoms with Gasteiger partial charge in [-0.15, -0.1) is 0 Å². The second-order valence-corrected chi connectivity index (χ2v) is 8.39. The van der Waals surface area contributed by atoms with Gasteiger partial charge in [-0.1, -0.05) is 36.2 Å². The van der Waals surface area contributed by atoms with E-state index in [1.807, 2.05) is 18.2 Å². The summed E-state index contributed by atoms with van der Waals surface area (Å²) in [5.41, 5.74) is 2.05. The highest BCUT2D eigenvalue weighted by Crippen LogP contribution is 2.36. The number of carbonyl (C=O) groups excluding carboxylic acids is 1. The summed E-state index contributed by atoms with van der Waals surface area (Å²) < 4.78 is 13.5. The van der Waals surface area contributed by atoms with Crippen molar-refractivity contribution in [1.82, 2.24) is 9.88 Å². The average Bonchev–Trinajstić information content (AvgIpc) is 2.99. The van der Waals surface area contributed by atoms with Crippen LogP contribution in [0.2, 0.25) is 5.02 Å². The second-order valence-electron chi connectivity index (χ2n) is 7.98. The molecule has 1 aliphatic carbocycles. The predicted octanol–water partition coefficient (Wildman–Crippen LogP) is 5.00. The first-order valence-electron chi connectivity index (χ1n) is 10.8. The monoisotopic (exact) mass is 457 g/mol. The van der Waals surface area contributed by atoms with Gasteiger partial charge < -0.3 is 20.3 Å². The molecule has 1 aromatic heterocycles. The van der Waals surface area contributed by atoms with E-state index in [4.69, 9.17) is 11.6 Å². The number of hydrogen-bond donors (Lipinski definition) is 3. The highest BCUT2D eigenvalue weighted by molar-refractivity contribution is 6.31. The summed E-state index contributed by atoms with van der Waals surface area (Å²) in [5, 5.41) is 13.6. The van der Waals surface area contributed by atoms with Gasteiger partial charge in [0.25, 0.3) is 5.56 Å². The summed E-state index contributed by atoms with van der Waals surface area (Å²) in [4.78, 5) is 30.7. The maximum Gasteiger partial charge on any atom is 0.322 e. The molecule has 0 saturated heterocycles. The van der Waals surface area contributed by atoms with Gasteiger partial charge in [-0.3, -0.25) is 4.79 Å². The predicted molar refractivity (Wildman–Crippen MR) is 124 cm³/mol. The van der Waals surface area contributed by atoms with E-state index in [1.54, 1.807) is 11.0 Å². The summed E-state index contributed by atoms with van der Waals surface area (Å²) in [7, 11) is 0. The zero-order valence-corrected chi connectivity index (χ0v) is 18.3. The summed E-state index contributed by atoms with van der Waals surface area (Å²) in [5.74, 6) is -0.560. The van der Waals surface area contributed by atoms with Crippen LogP contribution in [0.15, 0.2) is 47.3 Å². The van der Waals surface area contributed by atoms with Crippen molar-refractivity contribution in [3.05, 3.63) is 74.9 Å². The largest absolute Gasteiger partial charge is 0.396 e. The molecule has 3 aromatic rings. The van der Waals surface area contributed by atoms with Gasteiger partial charge in [-0.05, 0) is 55.3 Å². The topological polar surface area (TPSA) is 85.4 Å². The van der Waals surface area contributed by atoms with Crippen LogP contribution in [0.4, 0.5) is 14.9 Å². The number of H-pyrrole nitrogens is 1. The summed E-state index contributed by atoms with van der Waals surface area (Å²) in [6.45, 7) is 0.271. The molecule has 32 heavy (non-hydrogen) atoms. The van der Waals surface area contributed by atoms with Gasteiger partial charge in [0.1, 0.15) is 5.82 Å². The third-order valence-electron chi connectivity index (χ3n) is 5.90. The van der Waals surface area contributed by atoms with Crippen LogP contribution in [0.5, 0.6) is 0 Å². The number of aromatic amines is 1. The first-order chi connectivity index (χ1) is 15.5. The maximum atomic E-state index is 13.5. The zero-order chi connectivity index (χ0) is 22.7. The lowest BCUT2D eigenvalue weighted by molar-refractivity contribution is 0.173. The summed E-state index contributed by atoms with van der Waals surface area (Å²) in [6.07, 6.45) is 3.66. The summed E-state index contributed by atoms with van der Waals surface area (Å²) in [6, 6.07) is 10.8. The van der Waals surface area contributed by atoms with Crippen molar-refractivity contribution in [1.29, 1.82) is 0 Å². The Morgan fingerprint density at radius 1 is 1.22 bits per heavy atom. The molecule has 0 aliphatic heterocycles. The van der Waals surface area contributed by atoms with Gasteiger partial charge in [-0.2, -0.15) is 0 Å². The minimum atomic E-state index is -0.560. The van der Waals surface area contributed by atoms with Crippen LogP contribution in [0.1, 0.15) is 43.0 Å². The van der Waals surface area contributed by atoms with Crippen LogP contribution < -0.4 is 10.9 Å². The Balaban J connectivity index is 1.76. The standard InChI is InChI=1S/C24H25ClFN3O3/c25-18-14-15(10-11-19(18)26)27-24(32)29(12-5-13-30)21-9-4-3-8-20-22(21)16-6-1-2-7-17(16)23(31)28-20/h1-2,6-7,10-11,14,21,30H,3-5,8-9,12-13H2,(H,27,32)(H,28,31)/t21-/m0/s1. The highest BCUT2D eigenvalue weighted by atomic mass is 35.5. The third-order valence-corrected chi connectivity index (χ3v) is 6.19. The molecule has 0 bridgehead atoms. The quantitative estimate of drug-likeness (QED) is 0.471. The summed E-state index contributed by atoms with van der Waals surface area (Å²) >= 11 is 5.87. The first kappa shape index (κ1) is 22.3. The molecule has 0 spiro atoms. The van der Waals surface area contributed by atoms with Crippen LogP contribution in [0, 0.1) is 5.82 Å². The van der Waals surface area contributed by atoms with Crippen LogP contribution in [0.3, 0.4) is 0 Å². The molecule has 8 heteroatoms. The van der Waals surface area contributed by atoms with Gasteiger partial charge in [0.15, 0.2) is 0 Å². The normalized spacial score (nSPS) is 15.8. The fourth-order valence-corrected chi connectivity index (χ4v) is 4.61. The minimum absolute atomic E-state index is 0.0574. The van der Waals surface area contributed by atoms with Gasteiger partial charge >= 0.3 is 6.03 Å². The van der Waals surface area contributed by atoms with Gasteiger partial charge in [0, 0.05) is 35.5 Å². The molecule has 1 heterocycles. The van der Waals surface area contributed by atoms with E-state index in [1.165, 1.54) is 18.2 Å². The van der Waals surface area contributed by atoms with E-state index in [2.05, 4.69) is 10.3 Å². The number of benzene rings is 2. The van der Waals surface area contributed by atoms with Crippen LogP contribution in [-0.4, -0.2) is 34.2 Å². The Labute approximate surface area is 190 Å². The smallest absolute Gasteiger partial charge is 0.322 e. The molecule has 2 aromatic carbocycles. The SMILES string of the molecule is O=C(Nc1ccc(F)c(Cl)c1)N(CCCO)[C@H]1CCCCc2[nH]c(=O)c3ccccc3c21. The molecular weight excluding hydrogens is 433 g/mol. The Morgan fingerprint density at radius 3 is 2.75 bits per heavy atom. The van der Waals surface area contributed by atoms with Crippen molar-refractivity contribution in [2.75, 3.05) is 18.5 Å². The van der Waals surface area contributed by atoms with Crippen LogP contribution in [0.25, 0.3) is 10.8 Å².